The van der Waals surface area contributed by atoms with Gasteiger partial charge in [-0.15, -0.1) is 0 Å². The third kappa shape index (κ3) is 32.5. The summed E-state index contributed by atoms with van der Waals surface area (Å²) in [6, 6.07) is 26.3. The minimum Gasteiger partial charge on any atom is -0.484 e. The van der Waals surface area contributed by atoms with E-state index in [0.717, 1.165) is 72.1 Å². The third-order valence-electron chi connectivity index (χ3n) is 15.8. The van der Waals surface area contributed by atoms with Gasteiger partial charge in [-0.25, -0.2) is 0 Å². The Balaban J connectivity index is 2.41. The molecule has 0 atom stereocenters. The van der Waals surface area contributed by atoms with E-state index in [0.29, 0.717) is 46.0 Å². The van der Waals surface area contributed by atoms with Gasteiger partial charge in [-0.1, -0.05) is 190 Å². The van der Waals surface area contributed by atoms with E-state index in [4.69, 9.17) is 42.0 Å². The zero-order chi connectivity index (χ0) is 76.6. The van der Waals surface area contributed by atoms with E-state index in [2.05, 4.69) is 350 Å². The van der Waals surface area contributed by atoms with Crippen LogP contribution in [0, 0.1) is 43.3 Å². The maximum Gasteiger partial charge on any atom is 0.272 e. The van der Waals surface area contributed by atoms with Crippen LogP contribution in [0.4, 0.5) is 0 Å². The first-order valence-corrected chi connectivity index (χ1v) is 40.1. The first-order valence-electron chi connectivity index (χ1n) is 37.3. The summed E-state index contributed by atoms with van der Waals surface area (Å²) in [7, 11) is -4.84. The smallest absolute Gasteiger partial charge is 0.272 e. The molecule has 0 spiro atoms. The summed E-state index contributed by atoms with van der Waals surface area (Å²) in [6.07, 6.45) is 6.45. The number of rotatable bonds is 30. The minimum atomic E-state index is -2.42. The molecular formula is C88H148O9Si2. The van der Waals surface area contributed by atoms with Crippen molar-refractivity contribution in [3.05, 3.63) is 72.8 Å². The molecule has 0 fully saturated rings. The Morgan fingerprint density at radius 1 is 0.182 bits per heavy atom. The van der Waals surface area contributed by atoms with E-state index in [1.807, 2.05) is 0 Å². The summed E-state index contributed by atoms with van der Waals surface area (Å²) in [5, 5.41) is 3.91. The van der Waals surface area contributed by atoms with Gasteiger partial charge < -0.3 is 42.0 Å². The van der Waals surface area contributed by atoms with E-state index in [9.17, 15) is 0 Å². The highest BCUT2D eigenvalue weighted by Gasteiger charge is 2.41. The van der Waals surface area contributed by atoms with Gasteiger partial charge in [-0.05, 0) is 275 Å². The average molecular weight is 1410 g/mol. The quantitative estimate of drug-likeness (QED) is 0.0474. The van der Waals surface area contributed by atoms with Gasteiger partial charge in [0.25, 0.3) is 18.1 Å². The second-order valence-electron chi connectivity index (χ2n) is 44.2. The molecule has 0 amide bonds. The van der Waals surface area contributed by atoms with Gasteiger partial charge in [-0.3, -0.25) is 0 Å². The molecule has 4 aromatic rings. The van der Waals surface area contributed by atoms with Gasteiger partial charge >= 0.3 is 0 Å². The molecule has 4 aromatic carbocycles. The summed E-state index contributed by atoms with van der Waals surface area (Å²) in [6.45, 7) is 89.6. The third-order valence-corrected chi connectivity index (χ3v) is 20.7. The van der Waals surface area contributed by atoms with Crippen LogP contribution in [0.15, 0.2) is 72.8 Å². The van der Waals surface area contributed by atoms with Crippen molar-refractivity contribution in [2.24, 2.45) is 43.3 Å². The second kappa shape index (κ2) is 30.4. The van der Waals surface area contributed by atoms with Crippen LogP contribution in [0.3, 0.4) is 0 Å². The first-order chi connectivity index (χ1) is 43.8. The van der Waals surface area contributed by atoms with Crippen LogP contribution < -0.4 is 58.6 Å². The number of hydrogen-bond acceptors (Lipinski definition) is 9. The van der Waals surface area contributed by atoms with Crippen molar-refractivity contribution >= 4 is 38.8 Å². The molecule has 0 unspecified atom stereocenters. The lowest BCUT2D eigenvalue weighted by atomic mass is 9.83. The zero-order valence-electron chi connectivity index (χ0n) is 71.3. The maximum atomic E-state index is 8.50. The molecule has 0 aliphatic carbocycles. The molecule has 9 nitrogen and oxygen atoms in total. The van der Waals surface area contributed by atoms with Crippen molar-refractivity contribution in [3.63, 3.8) is 0 Å². The van der Waals surface area contributed by atoms with Crippen LogP contribution in [0.1, 0.15) is 328 Å². The molecule has 11 heteroatoms. The van der Waals surface area contributed by atoms with Crippen molar-refractivity contribution in [2.75, 3.05) is 0 Å². The molecule has 0 aliphatic rings. The fourth-order valence-corrected chi connectivity index (χ4v) is 22.2. The van der Waals surface area contributed by atoms with E-state index in [1.165, 1.54) is 0 Å². The number of benzene rings is 4. The molecule has 0 saturated heterocycles. The molecular weight excluding hydrogens is 1260 g/mol. The molecule has 2 radical (unpaired) electrons. The van der Waals surface area contributed by atoms with Gasteiger partial charge in [0, 0.05) is 0 Å². The summed E-state index contributed by atoms with van der Waals surface area (Å²) in [5.41, 5.74) is -4.64. The van der Waals surface area contributed by atoms with Gasteiger partial charge in [0.05, 0.1) is 0 Å². The van der Waals surface area contributed by atoms with E-state index in [-0.39, 0.29) is 43.3 Å². The standard InChI is InChI=1S/C88H148O9Si2/c1-73(2,3)53-81(25,26)89-65-45-41-61(49-69(65)93-85(33,34)57-77(13,14)15)98(62-42-46-66(90-82(27,28)54-74(4,5)6)70(50-62)94-86(35,36)58-78(16,17)18)97-99(63-43-47-67(91-83(29,30)55-75(7,8)9)71(51-63)95-87(37,38)59-79(19,20)21)64-44-48-68(92-84(31,32)56-76(10,11)12)72(52-64)96-88(39,40)60-80(22,23)24/h41-52H,53-60H2,1-40H3. The molecule has 0 bridgehead atoms. The maximum absolute atomic E-state index is 8.50. The molecule has 4 rings (SSSR count). The predicted molar refractivity (Wildman–Crippen MR) is 427 cm³/mol. The van der Waals surface area contributed by atoms with Crippen molar-refractivity contribution < 1.29 is 42.0 Å². The fourth-order valence-electron chi connectivity index (χ4n) is 16.8. The first kappa shape index (κ1) is 87.1. The van der Waals surface area contributed by atoms with Crippen molar-refractivity contribution in [1.82, 2.24) is 0 Å². The molecule has 0 N–H and O–H groups in total. The molecule has 99 heavy (non-hydrogen) atoms. The van der Waals surface area contributed by atoms with Crippen LogP contribution >= 0.6 is 0 Å². The Hall–Kier alpha value is -4.33. The summed E-state index contributed by atoms with van der Waals surface area (Å²) >= 11 is 0. The topological polar surface area (TPSA) is 83.1 Å². The Morgan fingerprint density at radius 2 is 0.303 bits per heavy atom. The largest absolute Gasteiger partial charge is 0.484 e. The van der Waals surface area contributed by atoms with Gasteiger partial charge in [0.2, 0.25) is 0 Å². The SMILES string of the molecule is CC(C)(C)CC(C)(C)Oc1ccc([Si](O[Si](c2ccc(OC(C)(C)CC(C)(C)C)c(OC(C)(C)CC(C)(C)C)c2)c2ccc(OC(C)(C)CC(C)(C)C)c(OC(C)(C)CC(C)(C)C)c2)c2ccc(OC(C)(C)CC(C)(C)C)c(OC(C)(C)CC(C)(C)C)c2)cc1OC(C)(C)CC(C)(C)C. The molecule has 0 aliphatic heterocycles. The molecule has 0 saturated carbocycles. The molecule has 562 valence electrons. The van der Waals surface area contributed by atoms with Crippen LogP contribution in [-0.2, 0) is 4.12 Å². The predicted octanol–water partition coefficient (Wildman–Crippen LogP) is 23.4. The lowest BCUT2D eigenvalue weighted by Gasteiger charge is -2.37. The lowest BCUT2D eigenvalue weighted by molar-refractivity contribution is 0.0360. The van der Waals surface area contributed by atoms with E-state index >= 15 is 0 Å². The highest BCUT2D eigenvalue weighted by molar-refractivity contribution is 6.92. The zero-order valence-corrected chi connectivity index (χ0v) is 73.3. The Labute approximate surface area is 612 Å². The Kier molecular flexibility index (Phi) is 26.7. The van der Waals surface area contributed by atoms with Crippen molar-refractivity contribution in [2.45, 2.75) is 373 Å². The van der Waals surface area contributed by atoms with Gasteiger partial charge in [0.1, 0.15) is 44.8 Å². The monoisotopic (exact) mass is 1410 g/mol. The fraction of sp³-hybridized carbons (Fsp3) is 0.727. The van der Waals surface area contributed by atoms with Crippen LogP contribution in [0.5, 0.6) is 46.0 Å². The number of hydrogen-bond donors (Lipinski definition) is 0. The van der Waals surface area contributed by atoms with Crippen molar-refractivity contribution in [1.29, 1.82) is 0 Å². The Morgan fingerprint density at radius 3 is 0.424 bits per heavy atom. The van der Waals surface area contributed by atoms with Gasteiger partial charge in [-0.2, -0.15) is 0 Å². The lowest BCUT2D eigenvalue weighted by Crippen LogP contribution is -2.56. The van der Waals surface area contributed by atoms with Crippen LogP contribution in [-0.4, -0.2) is 62.9 Å². The summed E-state index contributed by atoms with van der Waals surface area (Å²) in [5.74, 6) is 5.43. The highest BCUT2D eigenvalue weighted by Crippen LogP contribution is 2.45. The average Bonchev–Trinajstić information content (AvgIpc) is 0.776. The number of ether oxygens (including phenoxy) is 8. The van der Waals surface area contributed by atoms with Gasteiger partial charge in [0.15, 0.2) is 46.0 Å². The summed E-state index contributed by atoms with van der Waals surface area (Å²) in [4.78, 5) is 0. The molecule has 0 aromatic heterocycles. The highest BCUT2D eigenvalue weighted by atomic mass is 28.4. The van der Waals surface area contributed by atoms with E-state index < -0.39 is 62.9 Å². The Bertz CT molecular complexity index is 2830. The van der Waals surface area contributed by atoms with Crippen LogP contribution in [0.2, 0.25) is 0 Å². The van der Waals surface area contributed by atoms with Crippen molar-refractivity contribution in [3.8, 4) is 46.0 Å². The normalized spacial score (nSPS) is 14.4. The van der Waals surface area contributed by atoms with E-state index in [1.54, 1.807) is 0 Å². The molecule has 0 heterocycles. The van der Waals surface area contributed by atoms with Crippen LogP contribution in [0.25, 0.3) is 0 Å². The summed E-state index contributed by atoms with van der Waals surface area (Å²) < 4.78 is 67.2. The minimum absolute atomic E-state index is 0.00213. The second-order valence-corrected chi connectivity index (χ2v) is 48.6.